The van der Waals surface area contributed by atoms with Crippen LogP contribution in [0.2, 0.25) is 0 Å². The van der Waals surface area contributed by atoms with Crippen LogP contribution in [-0.4, -0.2) is 40.9 Å². The van der Waals surface area contributed by atoms with E-state index >= 15 is 0 Å². The number of ether oxygens (including phenoxy) is 1. The van der Waals surface area contributed by atoms with Crippen molar-refractivity contribution in [1.29, 1.82) is 0 Å². The van der Waals surface area contributed by atoms with E-state index in [4.69, 9.17) is 4.74 Å². The molecular weight excluding hydrogens is 206 g/mol. The molecule has 4 nitrogen and oxygen atoms in total. The third-order valence-electron chi connectivity index (χ3n) is 2.49. The Labute approximate surface area is 97.6 Å². The second kappa shape index (κ2) is 4.24. The minimum Gasteiger partial charge on any atom is -0.444 e. The summed E-state index contributed by atoms with van der Waals surface area (Å²) in [5, 5.41) is 9.71. The number of aliphatic hydroxyl groups excluding tert-OH is 1. The number of aliphatic hydroxyl groups is 1. The topological polar surface area (TPSA) is 49.8 Å². The number of rotatable bonds is 0. The predicted octanol–water partition coefficient (Wildman–Crippen LogP) is 2.01. The minimum atomic E-state index is -0.483. The molecule has 1 aliphatic heterocycles. The van der Waals surface area contributed by atoms with Crippen molar-refractivity contribution in [3.63, 3.8) is 0 Å². The zero-order valence-corrected chi connectivity index (χ0v) is 10.9. The van der Waals surface area contributed by atoms with Crippen LogP contribution in [0.25, 0.3) is 0 Å². The minimum absolute atomic E-state index is 0.0471. The molecule has 0 aromatic heterocycles. The Morgan fingerprint density at radius 3 is 2.44 bits per heavy atom. The molecule has 1 saturated heterocycles. The molecule has 0 aromatic rings. The second-order valence-electron chi connectivity index (χ2n) is 6.38. The van der Waals surface area contributed by atoms with Crippen molar-refractivity contribution in [2.75, 3.05) is 13.1 Å². The molecule has 94 valence electrons. The normalized spacial score (nSPS) is 25.4. The van der Waals surface area contributed by atoms with Gasteiger partial charge in [0.2, 0.25) is 0 Å². The summed E-state index contributed by atoms with van der Waals surface area (Å²) in [6.45, 7) is 10.6. The summed E-state index contributed by atoms with van der Waals surface area (Å²) in [4.78, 5) is 13.4. The molecule has 0 spiro atoms. The monoisotopic (exact) mass is 229 g/mol. The van der Waals surface area contributed by atoms with Gasteiger partial charge in [0, 0.05) is 13.1 Å². The lowest BCUT2D eigenvalue weighted by Gasteiger charge is -2.40. The lowest BCUT2D eigenvalue weighted by molar-refractivity contribution is -0.0231. The number of likely N-dealkylation sites (tertiary alicyclic amines) is 1. The lowest BCUT2D eigenvalue weighted by atomic mass is 9.83. The number of carbonyl (C=O) groups excluding carboxylic acids is 1. The van der Waals surface area contributed by atoms with Crippen LogP contribution in [0.15, 0.2) is 0 Å². The third kappa shape index (κ3) is 4.00. The molecule has 1 fully saturated rings. The summed E-state index contributed by atoms with van der Waals surface area (Å²) in [5.74, 6) is 0. The molecule has 1 atom stereocenters. The average Bonchev–Trinajstić information content (AvgIpc) is 1.96. The number of carbonyl (C=O) groups is 1. The highest BCUT2D eigenvalue weighted by Crippen LogP contribution is 2.29. The highest BCUT2D eigenvalue weighted by atomic mass is 16.6. The highest BCUT2D eigenvalue weighted by molar-refractivity contribution is 5.68. The van der Waals surface area contributed by atoms with Gasteiger partial charge in [-0.25, -0.2) is 4.79 Å². The molecule has 4 heteroatoms. The van der Waals surface area contributed by atoms with Gasteiger partial charge in [-0.2, -0.15) is 0 Å². The lowest BCUT2D eigenvalue weighted by Crippen LogP contribution is -2.50. The summed E-state index contributed by atoms with van der Waals surface area (Å²) >= 11 is 0. The number of amides is 1. The van der Waals surface area contributed by atoms with Gasteiger partial charge in [-0.3, -0.25) is 0 Å². The molecule has 0 saturated carbocycles. The van der Waals surface area contributed by atoms with E-state index in [1.807, 2.05) is 34.6 Å². The van der Waals surface area contributed by atoms with Gasteiger partial charge in [0.25, 0.3) is 0 Å². The van der Waals surface area contributed by atoms with Gasteiger partial charge in [-0.15, -0.1) is 0 Å². The van der Waals surface area contributed by atoms with Gasteiger partial charge in [0.1, 0.15) is 5.60 Å². The van der Waals surface area contributed by atoms with E-state index in [0.717, 1.165) is 6.42 Å². The smallest absolute Gasteiger partial charge is 0.410 e. The van der Waals surface area contributed by atoms with Gasteiger partial charge < -0.3 is 14.7 Å². The maximum atomic E-state index is 11.8. The summed E-state index contributed by atoms with van der Waals surface area (Å²) in [5.41, 5.74) is -0.530. The summed E-state index contributed by atoms with van der Waals surface area (Å²) in [7, 11) is 0. The number of hydrogen-bond donors (Lipinski definition) is 1. The quantitative estimate of drug-likeness (QED) is 0.691. The van der Waals surface area contributed by atoms with E-state index < -0.39 is 11.7 Å². The van der Waals surface area contributed by atoms with Crippen molar-refractivity contribution >= 4 is 6.09 Å². The first-order valence-corrected chi connectivity index (χ1v) is 5.75. The number of β-amino-alcohol motifs (C(OH)–C–C–N with tert-alkyl or cyclic N) is 1. The van der Waals surface area contributed by atoms with Crippen LogP contribution in [0, 0.1) is 5.41 Å². The maximum absolute atomic E-state index is 11.8. The molecule has 1 unspecified atom stereocenters. The zero-order chi connectivity index (χ0) is 12.6. The molecule has 1 amide bonds. The van der Waals surface area contributed by atoms with Gasteiger partial charge in [0.05, 0.1) is 6.10 Å². The Morgan fingerprint density at radius 1 is 1.44 bits per heavy atom. The predicted molar refractivity (Wildman–Crippen MR) is 62.2 cm³/mol. The molecular formula is C12H23NO3. The zero-order valence-electron chi connectivity index (χ0n) is 10.9. The van der Waals surface area contributed by atoms with Crippen LogP contribution >= 0.6 is 0 Å². The molecule has 1 heterocycles. The fraction of sp³-hybridized carbons (Fsp3) is 0.917. The van der Waals surface area contributed by atoms with Crippen LogP contribution in [0.3, 0.4) is 0 Å². The van der Waals surface area contributed by atoms with Crippen LogP contribution in [0.5, 0.6) is 0 Å². The van der Waals surface area contributed by atoms with Crippen LogP contribution < -0.4 is 0 Å². The first kappa shape index (κ1) is 13.3. The van der Waals surface area contributed by atoms with Crippen molar-refractivity contribution in [2.24, 2.45) is 5.41 Å². The number of nitrogens with zero attached hydrogens (tertiary/aromatic N) is 1. The van der Waals surface area contributed by atoms with Crippen LogP contribution in [-0.2, 0) is 4.74 Å². The van der Waals surface area contributed by atoms with Crippen molar-refractivity contribution in [1.82, 2.24) is 4.90 Å². The van der Waals surface area contributed by atoms with Gasteiger partial charge in [-0.05, 0) is 32.6 Å². The van der Waals surface area contributed by atoms with E-state index in [9.17, 15) is 9.90 Å². The Kier molecular flexibility index (Phi) is 3.53. The van der Waals surface area contributed by atoms with Crippen molar-refractivity contribution in [2.45, 2.75) is 52.7 Å². The summed E-state index contributed by atoms with van der Waals surface area (Å²) in [6, 6.07) is 0. The van der Waals surface area contributed by atoms with E-state index in [-0.39, 0.29) is 11.5 Å². The molecule has 0 aromatic carbocycles. The Hall–Kier alpha value is -0.770. The molecule has 16 heavy (non-hydrogen) atoms. The van der Waals surface area contributed by atoms with E-state index in [2.05, 4.69) is 0 Å². The Morgan fingerprint density at radius 2 is 2.00 bits per heavy atom. The largest absolute Gasteiger partial charge is 0.444 e. The van der Waals surface area contributed by atoms with E-state index in [1.165, 1.54) is 0 Å². The second-order valence-corrected chi connectivity index (χ2v) is 6.38. The van der Waals surface area contributed by atoms with Crippen molar-refractivity contribution < 1.29 is 14.6 Å². The van der Waals surface area contributed by atoms with Gasteiger partial charge >= 0.3 is 6.09 Å². The van der Waals surface area contributed by atoms with Crippen LogP contribution in [0.1, 0.15) is 41.0 Å². The number of piperidine rings is 1. The Bertz CT molecular complexity index is 268. The van der Waals surface area contributed by atoms with Gasteiger partial charge in [0.15, 0.2) is 0 Å². The maximum Gasteiger partial charge on any atom is 0.410 e. The van der Waals surface area contributed by atoms with Crippen molar-refractivity contribution in [3.05, 3.63) is 0 Å². The number of hydrogen-bond acceptors (Lipinski definition) is 3. The third-order valence-corrected chi connectivity index (χ3v) is 2.49. The fourth-order valence-corrected chi connectivity index (χ4v) is 2.07. The molecule has 0 aliphatic carbocycles. The molecule has 1 rings (SSSR count). The molecule has 0 radical (unpaired) electrons. The fourth-order valence-electron chi connectivity index (χ4n) is 2.07. The summed E-state index contributed by atoms with van der Waals surface area (Å²) in [6.07, 6.45) is -0.0534. The van der Waals surface area contributed by atoms with E-state index in [1.54, 1.807) is 4.90 Å². The van der Waals surface area contributed by atoms with Gasteiger partial charge in [-0.1, -0.05) is 13.8 Å². The SMILES string of the molecule is CC1(C)CC(O)CN(C(=O)OC(C)(C)C)C1. The van der Waals surface area contributed by atoms with Crippen molar-refractivity contribution in [3.8, 4) is 0 Å². The average molecular weight is 229 g/mol. The molecule has 0 bridgehead atoms. The first-order valence-electron chi connectivity index (χ1n) is 5.75. The summed E-state index contributed by atoms with van der Waals surface area (Å²) < 4.78 is 5.29. The first-order chi connectivity index (χ1) is 7.09. The standard InChI is InChI=1S/C12H23NO3/c1-11(2,3)16-10(15)13-7-9(14)6-12(4,5)8-13/h9,14H,6-8H2,1-5H3. The van der Waals surface area contributed by atoms with E-state index in [0.29, 0.717) is 13.1 Å². The highest BCUT2D eigenvalue weighted by Gasteiger charge is 2.35. The Balaban J connectivity index is 2.63. The molecule has 1 N–H and O–H groups in total. The van der Waals surface area contributed by atoms with Crippen LogP contribution in [0.4, 0.5) is 4.79 Å². The molecule has 1 aliphatic rings.